The third-order valence-electron chi connectivity index (χ3n) is 4.98. The lowest BCUT2D eigenvalue weighted by molar-refractivity contribution is -0.143. The molecular weight excluding hydrogens is 476 g/mol. The summed E-state index contributed by atoms with van der Waals surface area (Å²) in [6.07, 6.45) is 1.12. The zero-order valence-corrected chi connectivity index (χ0v) is 20.2. The molecule has 34 heavy (non-hydrogen) atoms. The van der Waals surface area contributed by atoms with E-state index in [9.17, 15) is 18.0 Å². The van der Waals surface area contributed by atoms with E-state index < -0.39 is 21.7 Å². The van der Waals surface area contributed by atoms with Crippen molar-refractivity contribution in [2.75, 3.05) is 19.5 Å². The molecule has 0 atom stereocenters. The third kappa shape index (κ3) is 5.35. The van der Waals surface area contributed by atoms with Gasteiger partial charge in [-0.3, -0.25) is 9.59 Å². The molecule has 8 nitrogen and oxygen atoms in total. The molecule has 3 aromatic carbocycles. The van der Waals surface area contributed by atoms with Gasteiger partial charge in [-0.15, -0.1) is 0 Å². The highest BCUT2D eigenvalue weighted by molar-refractivity contribution is 7.90. The molecule has 1 aromatic heterocycles. The first-order valence-corrected chi connectivity index (χ1v) is 13.1. The van der Waals surface area contributed by atoms with Crippen LogP contribution in [0, 0.1) is 0 Å². The van der Waals surface area contributed by atoms with Gasteiger partial charge in [0.05, 0.1) is 21.7 Å². The maximum atomic E-state index is 12.6. The topological polar surface area (TPSA) is 104 Å². The number of thiazole rings is 1. The number of hydrogen-bond donors (Lipinski definition) is 0. The van der Waals surface area contributed by atoms with Crippen molar-refractivity contribution in [2.45, 2.75) is 18.4 Å². The van der Waals surface area contributed by atoms with E-state index in [1.54, 1.807) is 19.1 Å². The Kier molecular flexibility index (Phi) is 6.80. The van der Waals surface area contributed by atoms with Crippen LogP contribution in [0.15, 0.2) is 70.6 Å². The summed E-state index contributed by atoms with van der Waals surface area (Å²) in [5, 5.41) is 2.05. The molecule has 10 heteroatoms. The Morgan fingerprint density at radius 2 is 1.79 bits per heavy atom. The van der Waals surface area contributed by atoms with Crippen LogP contribution in [0.1, 0.15) is 6.92 Å². The molecule has 0 aliphatic heterocycles. The first-order valence-electron chi connectivity index (χ1n) is 10.4. The van der Waals surface area contributed by atoms with Gasteiger partial charge in [-0.05, 0) is 48.0 Å². The summed E-state index contributed by atoms with van der Waals surface area (Å²) < 4.78 is 36.7. The van der Waals surface area contributed by atoms with Crippen LogP contribution in [-0.2, 0) is 30.7 Å². The molecule has 0 saturated carbocycles. The fraction of sp³-hybridized carbons (Fsp3) is 0.208. The first kappa shape index (κ1) is 23.7. The van der Waals surface area contributed by atoms with Gasteiger partial charge in [0.1, 0.15) is 12.3 Å². The zero-order chi connectivity index (χ0) is 24.3. The molecule has 0 fully saturated rings. The number of carbonyl (C=O) groups excluding carboxylic acids is 2. The van der Waals surface area contributed by atoms with Crippen LogP contribution in [0.5, 0.6) is 5.75 Å². The minimum absolute atomic E-state index is 0.141. The van der Waals surface area contributed by atoms with Crippen LogP contribution in [0.4, 0.5) is 0 Å². The summed E-state index contributed by atoms with van der Waals surface area (Å²) in [7, 11) is -3.42. The molecule has 0 N–H and O–H groups in total. The van der Waals surface area contributed by atoms with Gasteiger partial charge in [-0.1, -0.05) is 41.7 Å². The number of aromatic nitrogens is 1. The highest BCUT2D eigenvalue weighted by atomic mass is 32.2. The Morgan fingerprint density at radius 3 is 2.53 bits per heavy atom. The van der Waals surface area contributed by atoms with Crippen LogP contribution < -0.4 is 9.54 Å². The average Bonchev–Trinajstić information content (AvgIpc) is 3.13. The number of carbonyl (C=O) groups is 2. The minimum Gasteiger partial charge on any atom is -0.484 e. The maximum absolute atomic E-state index is 12.6. The van der Waals surface area contributed by atoms with Gasteiger partial charge < -0.3 is 14.0 Å². The Morgan fingerprint density at radius 1 is 1.03 bits per heavy atom. The SMILES string of the molecule is CCOC(=O)Cn1c(=NC(=O)COc2ccc3ccccc3c2)sc2cc(S(C)(=O)=O)ccc21. The van der Waals surface area contributed by atoms with Gasteiger partial charge in [0.2, 0.25) is 0 Å². The van der Waals surface area contributed by atoms with Crippen LogP contribution in [0.25, 0.3) is 21.0 Å². The number of hydrogen-bond acceptors (Lipinski definition) is 7. The van der Waals surface area contributed by atoms with Crippen molar-refractivity contribution in [3.8, 4) is 5.75 Å². The Hall–Kier alpha value is -3.50. The maximum Gasteiger partial charge on any atom is 0.326 e. The minimum atomic E-state index is -3.42. The van der Waals surface area contributed by atoms with E-state index in [-0.39, 0.29) is 29.5 Å². The van der Waals surface area contributed by atoms with Crippen LogP contribution in [0.2, 0.25) is 0 Å². The van der Waals surface area contributed by atoms with Gasteiger partial charge in [0.25, 0.3) is 5.91 Å². The van der Waals surface area contributed by atoms with Gasteiger partial charge >= 0.3 is 5.97 Å². The van der Waals surface area contributed by atoms with E-state index in [1.807, 2.05) is 36.4 Å². The average molecular weight is 499 g/mol. The van der Waals surface area contributed by atoms with E-state index in [1.165, 1.54) is 16.7 Å². The van der Waals surface area contributed by atoms with Crippen molar-refractivity contribution >= 4 is 54.0 Å². The molecule has 0 unspecified atom stereocenters. The summed E-state index contributed by atoms with van der Waals surface area (Å²) in [5.74, 6) is -0.493. The number of rotatable bonds is 7. The molecule has 0 bridgehead atoms. The largest absolute Gasteiger partial charge is 0.484 e. The predicted molar refractivity (Wildman–Crippen MR) is 130 cm³/mol. The number of sulfone groups is 1. The Bertz CT molecular complexity index is 1570. The lowest BCUT2D eigenvalue weighted by atomic mass is 10.1. The molecule has 4 aromatic rings. The first-order chi connectivity index (χ1) is 16.2. The second-order valence-electron chi connectivity index (χ2n) is 7.48. The smallest absolute Gasteiger partial charge is 0.326 e. The molecule has 0 spiro atoms. The number of ether oxygens (including phenoxy) is 2. The van der Waals surface area contributed by atoms with Crippen molar-refractivity contribution in [3.63, 3.8) is 0 Å². The van der Waals surface area contributed by atoms with Gasteiger partial charge in [0, 0.05) is 6.26 Å². The molecule has 0 aliphatic rings. The highest BCUT2D eigenvalue weighted by Gasteiger charge is 2.15. The van der Waals surface area contributed by atoms with Gasteiger partial charge in [-0.25, -0.2) is 8.42 Å². The third-order valence-corrected chi connectivity index (χ3v) is 7.13. The summed E-state index contributed by atoms with van der Waals surface area (Å²) in [6.45, 7) is 1.46. The van der Waals surface area contributed by atoms with E-state index in [0.29, 0.717) is 16.0 Å². The van der Waals surface area contributed by atoms with Crippen LogP contribution >= 0.6 is 11.3 Å². The van der Waals surface area contributed by atoms with Crippen LogP contribution in [0.3, 0.4) is 0 Å². The number of nitrogens with zero attached hydrogens (tertiary/aromatic N) is 2. The molecule has 4 rings (SSSR count). The second kappa shape index (κ2) is 9.78. The molecule has 1 heterocycles. The van der Waals surface area contributed by atoms with Gasteiger partial charge in [0.15, 0.2) is 21.2 Å². The van der Waals surface area contributed by atoms with E-state index in [4.69, 9.17) is 9.47 Å². The van der Waals surface area contributed by atoms with E-state index in [0.717, 1.165) is 28.4 Å². The van der Waals surface area contributed by atoms with E-state index in [2.05, 4.69) is 4.99 Å². The van der Waals surface area contributed by atoms with Crippen molar-refractivity contribution in [3.05, 3.63) is 65.5 Å². The standard InChI is InChI=1S/C24H22N2O6S2/c1-3-31-23(28)14-26-20-11-10-19(34(2,29)30)13-21(20)33-24(26)25-22(27)15-32-18-9-8-16-6-4-5-7-17(16)12-18/h4-13H,3,14-15H2,1-2H3. The number of fused-ring (bicyclic) bond motifs is 2. The fourth-order valence-corrected chi connectivity index (χ4v) is 5.21. The predicted octanol–water partition coefficient (Wildman–Crippen LogP) is 3.33. The number of benzene rings is 3. The van der Waals surface area contributed by atoms with Crippen molar-refractivity contribution in [1.82, 2.24) is 4.57 Å². The second-order valence-corrected chi connectivity index (χ2v) is 10.5. The number of amides is 1. The molecule has 0 saturated heterocycles. The summed E-state index contributed by atoms with van der Waals surface area (Å²) in [5.41, 5.74) is 0.576. The normalized spacial score (nSPS) is 12.2. The quantitative estimate of drug-likeness (QED) is 0.362. The molecule has 0 aliphatic carbocycles. The monoisotopic (exact) mass is 498 g/mol. The lowest BCUT2D eigenvalue weighted by Gasteiger charge is -2.06. The molecule has 0 radical (unpaired) electrons. The molecule has 1 amide bonds. The van der Waals surface area contributed by atoms with Crippen molar-refractivity contribution < 1.29 is 27.5 Å². The van der Waals surface area contributed by atoms with E-state index >= 15 is 0 Å². The summed E-state index contributed by atoms with van der Waals surface area (Å²) in [4.78, 5) is 29.3. The summed E-state index contributed by atoms with van der Waals surface area (Å²) >= 11 is 1.11. The van der Waals surface area contributed by atoms with Crippen LogP contribution in [-0.4, -0.2) is 44.3 Å². The Balaban J connectivity index is 1.64. The van der Waals surface area contributed by atoms with Gasteiger partial charge in [-0.2, -0.15) is 4.99 Å². The zero-order valence-electron chi connectivity index (χ0n) is 18.6. The summed E-state index contributed by atoms with van der Waals surface area (Å²) in [6, 6.07) is 17.9. The molecule has 176 valence electrons. The van der Waals surface area contributed by atoms with Crippen molar-refractivity contribution in [1.29, 1.82) is 0 Å². The van der Waals surface area contributed by atoms with Crippen molar-refractivity contribution in [2.24, 2.45) is 4.99 Å². The molecular formula is C24H22N2O6S2. The number of esters is 1. The highest BCUT2D eigenvalue weighted by Crippen LogP contribution is 2.23. The lowest BCUT2D eigenvalue weighted by Crippen LogP contribution is -2.24. The Labute approximate surface area is 200 Å². The fourth-order valence-electron chi connectivity index (χ4n) is 3.40.